The van der Waals surface area contributed by atoms with Crippen LogP contribution in [0.3, 0.4) is 0 Å². The van der Waals surface area contributed by atoms with Gasteiger partial charge in [0.25, 0.3) is 5.91 Å². The van der Waals surface area contributed by atoms with Crippen molar-refractivity contribution in [1.82, 2.24) is 10.3 Å². The number of hydrogen-bond acceptors (Lipinski definition) is 10. The van der Waals surface area contributed by atoms with Crippen LogP contribution in [0.4, 0.5) is 0 Å². The number of para-hydroxylation sites is 2. The van der Waals surface area contributed by atoms with Gasteiger partial charge in [-0.3, -0.25) is 4.79 Å². The number of carbonyl (C=O) groups is 3. The second-order valence-corrected chi connectivity index (χ2v) is 10.5. The largest absolute Gasteiger partial charge is 0.494 e. The Kier molecular flexibility index (Phi) is 12.6. The average Bonchev–Trinajstić information content (AvgIpc) is 3.10. The van der Waals surface area contributed by atoms with E-state index in [0.717, 1.165) is 5.75 Å². The van der Waals surface area contributed by atoms with Gasteiger partial charge in [-0.15, -0.1) is 0 Å². The summed E-state index contributed by atoms with van der Waals surface area (Å²) in [6.45, 7) is 3.99. The minimum absolute atomic E-state index is 0.0115. The molecule has 2 heterocycles. The summed E-state index contributed by atoms with van der Waals surface area (Å²) >= 11 is 0. The Balaban J connectivity index is 1.50. The summed E-state index contributed by atoms with van der Waals surface area (Å²) in [4.78, 5) is 43.3. The van der Waals surface area contributed by atoms with E-state index in [-0.39, 0.29) is 29.7 Å². The molecular formula is C34H40N2O9. The predicted octanol–water partition coefficient (Wildman–Crippen LogP) is 4.78. The van der Waals surface area contributed by atoms with Crippen molar-refractivity contribution in [1.29, 1.82) is 0 Å². The third kappa shape index (κ3) is 9.67. The molecule has 0 spiro atoms. The van der Waals surface area contributed by atoms with Crippen molar-refractivity contribution in [2.24, 2.45) is 5.92 Å². The Morgan fingerprint density at radius 1 is 1.00 bits per heavy atom. The van der Waals surface area contributed by atoms with Gasteiger partial charge in [-0.2, -0.15) is 0 Å². The molecule has 11 nitrogen and oxygen atoms in total. The van der Waals surface area contributed by atoms with E-state index in [0.29, 0.717) is 44.6 Å². The molecule has 2 aromatic carbocycles. The molecular weight excluding hydrogens is 580 g/mol. The summed E-state index contributed by atoms with van der Waals surface area (Å²) < 4.78 is 34.1. The first-order chi connectivity index (χ1) is 21.9. The van der Waals surface area contributed by atoms with Gasteiger partial charge >= 0.3 is 11.9 Å². The summed E-state index contributed by atoms with van der Waals surface area (Å²) in [6.07, 6.45) is 2.53. The molecule has 3 aromatic rings. The quantitative estimate of drug-likeness (QED) is 0.266. The Morgan fingerprint density at radius 3 is 2.40 bits per heavy atom. The van der Waals surface area contributed by atoms with Crippen molar-refractivity contribution >= 4 is 17.8 Å². The Morgan fingerprint density at radius 2 is 1.71 bits per heavy atom. The highest BCUT2D eigenvalue weighted by Crippen LogP contribution is 2.31. The second kappa shape index (κ2) is 17.0. The standard InChI is InChI=1S/C34H40N2O9/c1-4-41-22-29(37)45-32-28(40-3)18-20-35-30(32)33(38)36-27-17-11-12-24(19-21-42-25-13-7-5-8-14-25)31(23(2)43-34(27)39)44-26-15-9-6-10-16-26/h5-10,13-16,18,20,23-24,27,31H,4,11-12,17,19,21-22H2,1-3H3,(H,36,38)/t23-,24+,27-,31-/m0/s1. The van der Waals surface area contributed by atoms with Gasteiger partial charge in [0.2, 0.25) is 5.75 Å². The predicted molar refractivity (Wildman–Crippen MR) is 164 cm³/mol. The van der Waals surface area contributed by atoms with Crippen molar-refractivity contribution in [3.63, 3.8) is 0 Å². The lowest BCUT2D eigenvalue weighted by atomic mass is 9.89. The number of esters is 2. The van der Waals surface area contributed by atoms with Crippen molar-refractivity contribution in [3.05, 3.63) is 78.6 Å². The van der Waals surface area contributed by atoms with E-state index < -0.39 is 36.1 Å². The van der Waals surface area contributed by atoms with E-state index >= 15 is 0 Å². The Bertz CT molecular complexity index is 1390. The number of aromatic nitrogens is 1. The van der Waals surface area contributed by atoms with Crippen LogP contribution in [0.1, 0.15) is 50.0 Å². The average molecular weight is 621 g/mol. The van der Waals surface area contributed by atoms with Crippen LogP contribution in [-0.4, -0.2) is 68.0 Å². The SMILES string of the molecule is CCOCC(=O)Oc1c(OC)ccnc1C(=O)N[C@H]1CCC[C@H](CCOc2ccccc2)[C@@H](Oc2ccccc2)[C@H](C)OC1=O. The van der Waals surface area contributed by atoms with E-state index in [1.54, 1.807) is 13.8 Å². The number of carbonyl (C=O) groups excluding carboxylic acids is 3. The summed E-state index contributed by atoms with van der Waals surface area (Å²) in [5, 5.41) is 2.73. The number of nitrogens with one attached hydrogen (secondary N) is 1. The fraction of sp³-hybridized carbons (Fsp3) is 0.412. The molecule has 1 amide bonds. The zero-order chi connectivity index (χ0) is 32.0. The van der Waals surface area contributed by atoms with E-state index in [9.17, 15) is 14.4 Å². The van der Waals surface area contributed by atoms with Crippen LogP contribution in [0.5, 0.6) is 23.0 Å². The zero-order valence-corrected chi connectivity index (χ0v) is 25.8. The minimum atomic E-state index is -0.975. The first-order valence-electron chi connectivity index (χ1n) is 15.1. The van der Waals surface area contributed by atoms with Crippen LogP contribution >= 0.6 is 0 Å². The lowest BCUT2D eigenvalue weighted by Crippen LogP contribution is -2.45. The smallest absolute Gasteiger partial charge is 0.337 e. The zero-order valence-electron chi connectivity index (χ0n) is 25.8. The van der Waals surface area contributed by atoms with Crippen LogP contribution in [0.2, 0.25) is 0 Å². The Hall–Kier alpha value is -4.64. The van der Waals surface area contributed by atoms with Crippen LogP contribution in [0.25, 0.3) is 0 Å². The number of benzene rings is 2. The van der Waals surface area contributed by atoms with Crippen molar-refractivity contribution in [2.75, 3.05) is 26.9 Å². The van der Waals surface area contributed by atoms with Crippen molar-refractivity contribution in [2.45, 2.75) is 57.8 Å². The summed E-state index contributed by atoms with van der Waals surface area (Å²) in [7, 11) is 1.38. The number of hydrogen-bond donors (Lipinski definition) is 1. The molecule has 0 unspecified atom stereocenters. The van der Waals surface area contributed by atoms with Gasteiger partial charge in [0.15, 0.2) is 11.4 Å². The number of ether oxygens (including phenoxy) is 6. The second-order valence-electron chi connectivity index (χ2n) is 10.5. The molecule has 4 atom stereocenters. The van der Waals surface area contributed by atoms with Crippen molar-refractivity contribution in [3.8, 4) is 23.0 Å². The molecule has 1 aliphatic rings. The molecule has 1 aromatic heterocycles. The van der Waals surface area contributed by atoms with E-state index in [4.69, 9.17) is 28.4 Å². The van der Waals surface area contributed by atoms with Gasteiger partial charge in [-0.05, 0) is 57.4 Å². The number of pyridine rings is 1. The lowest BCUT2D eigenvalue weighted by molar-refractivity contribution is -0.156. The van der Waals surface area contributed by atoms with Gasteiger partial charge in [0.1, 0.15) is 36.4 Å². The van der Waals surface area contributed by atoms with Gasteiger partial charge in [-0.25, -0.2) is 14.6 Å². The van der Waals surface area contributed by atoms with Gasteiger partial charge in [0, 0.05) is 24.8 Å². The molecule has 1 N–H and O–H groups in total. The highest BCUT2D eigenvalue weighted by molar-refractivity contribution is 5.98. The van der Waals surface area contributed by atoms with Crippen LogP contribution in [-0.2, 0) is 19.1 Å². The molecule has 240 valence electrons. The maximum atomic E-state index is 13.5. The van der Waals surface area contributed by atoms with Gasteiger partial charge in [0.05, 0.1) is 13.7 Å². The molecule has 1 aliphatic heterocycles. The summed E-state index contributed by atoms with van der Waals surface area (Å²) in [5.74, 6) is -0.643. The third-order valence-electron chi connectivity index (χ3n) is 7.35. The molecule has 4 rings (SSSR count). The van der Waals surface area contributed by atoms with Crippen LogP contribution < -0.4 is 24.3 Å². The number of cyclic esters (lactones) is 1. The topological polar surface area (TPSA) is 132 Å². The minimum Gasteiger partial charge on any atom is -0.494 e. The fourth-order valence-corrected chi connectivity index (χ4v) is 5.12. The fourth-order valence-electron chi connectivity index (χ4n) is 5.12. The van der Waals surface area contributed by atoms with E-state index in [1.165, 1.54) is 19.4 Å². The Labute approximate surface area is 263 Å². The number of amides is 1. The maximum Gasteiger partial charge on any atom is 0.337 e. The highest BCUT2D eigenvalue weighted by Gasteiger charge is 2.36. The van der Waals surface area contributed by atoms with Crippen molar-refractivity contribution < 1.29 is 42.8 Å². The summed E-state index contributed by atoms with van der Waals surface area (Å²) in [5.41, 5.74) is -0.207. The lowest BCUT2D eigenvalue weighted by Gasteiger charge is -2.31. The highest BCUT2D eigenvalue weighted by atomic mass is 16.6. The monoisotopic (exact) mass is 620 g/mol. The summed E-state index contributed by atoms with van der Waals surface area (Å²) in [6, 6.07) is 19.5. The molecule has 0 radical (unpaired) electrons. The van der Waals surface area contributed by atoms with E-state index in [2.05, 4.69) is 10.3 Å². The number of methoxy groups -OCH3 is 1. The van der Waals surface area contributed by atoms with Gasteiger partial charge in [-0.1, -0.05) is 42.8 Å². The molecule has 11 heteroatoms. The molecule has 45 heavy (non-hydrogen) atoms. The first-order valence-corrected chi connectivity index (χ1v) is 15.1. The molecule has 1 fully saturated rings. The van der Waals surface area contributed by atoms with Crippen LogP contribution in [0.15, 0.2) is 72.9 Å². The van der Waals surface area contributed by atoms with Crippen LogP contribution in [0, 0.1) is 5.92 Å². The normalized spacial score (nSPS) is 20.0. The maximum absolute atomic E-state index is 13.5. The molecule has 0 aliphatic carbocycles. The third-order valence-corrected chi connectivity index (χ3v) is 7.35. The number of nitrogens with zero attached hydrogens (tertiary/aromatic N) is 1. The first kappa shape index (κ1) is 33.3. The molecule has 0 saturated carbocycles. The molecule has 0 bridgehead atoms. The van der Waals surface area contributed by atoms with E-state index in [1.807, 2.05) is 60.7 Å². The molecule has 1 saturated heterocycles. The van der Waals surface area contributed by atoms with Gasteiger partial charge < -0.3 is 33.7 Å². The number of rotatable bonds is 13.